The molecular weight excluding hydrogens is 302 g/mol. The number of aliphatic carboxylic acids is 1. The van der Waals surface area contributed by atoms with Gasteiger partial charge in [-0.1, -0.05) is 40.0 Å². The second-order valence-electron chi connectivity index (χ2n) is 5.53. The van der Waals surface area contributed by atoms with E-state index in [9.17, 15) is 19.5 Å². The zero-order valence-corrected chi connectivity index (χ0v) is 14.5. The van der Waals surface area contributed by atoms with Crippen LogP contribution in [0.15, 0.2) is 0 Å². The van der Waals surface area contributed by atoms with Gasteiger partial charge < -0.3 is 19.9 Å². The van der Waals surface area contributed by atoms with Crippen LogP contribution < -0.4 is 5.32 Å². The van der Waals surface area contributed by atoms with Crippen LogP contribution in [0.2, 0.25) is 0 Å². The molecule has 0 saturated carbocycles. The summed E-state index contributed by atoms with van der Waals surface area (Å²) in [5.74, 6) is -1.75. The zero-order chi connectivity index (χ0) is 17.8. The molecule has 23 heavy (non-hydrogen) atoms. The van der Waals surface area contributed by atoms with E-state index in [4.69, 9.17) is 9.47 Å². The van der Waals surface area contributed by atoms with E-state index in [1.807, 2.05) is 6.92 Å². The van der Waals surface area contributed by atoms with Crippen LogP contribution >= 0.6 is 0 Å². The van der Waals surface area contributed by atoms with Crippen molar-refractivity contribution in [3.63, 3.8) is 0 Å². The monoisotopic (exact) mass is 331 g/mol. The maximum Gasteiger partial charge on any atom is 0.410 e. The number of carbonyl (C=O) groups excluding carboxylic acids is 2. The van der Waals surface area contributed by atoms with Crippen molar-refractivity contribution in [1.82, 2.24) is 5.32 Å². The first kappa shape index (κ1) is 21.2. The van der Waals surface area contributed by atoms with E-state index in [0.29, 0.717) is 12.3 Å². The number of rotatable bonds is 11. The molecule has 7 heteroatoms. The van der Waals surface area contributed by atoms with E-state index in [1.165, 1.54) is 6.92 Å². The molecule has 0 fully saturated rings. The molecular formula is C16H29NO6. The summed E-state index contributed by atoms with van der Waals surface area (Å²) < 4.78 is 9.65. The minimum Gasteiger partial charge on any atom is -0.481 e. The van der Waals surface area contributed by atoms with Gasteiger partial charge >= 0.3 is 18.0 Å². The third-order valence-corrected chi connectivity index (χ3v) is 3.59. The second kappa shape index (κ2) is 11.7. The van der Waals surface area contributed by atoms with Gasteiger partial charge in [-0.15, -0.1) is 0 Å². The van der Waals surface area contributed by atoms with Crippen molar-refractivity contribution in [2.75, 3.05) is 6.54 Å². The lowest BCUT2D eigenvalue weighted by atomic mass is 9.89. The Morgan fingerprint density at radius 3 is 2.26 bits per heavy atom. The molecule has 0 aromatic carbocycles. The van der Waals surface area contributed by atoms with Gasteiger partial charge in [0.1, 0.15) is 0 Å². The maximum atomic E-state index is 11.6. The highest BCUT2D eigenvalue weighted by atomic mass is 16.7. The molecule has 1 amide bonds. The molecule has 0 aliphatic heterocycles. The van der Waals surface area contributed by atoms with Gasteiger partial charge in [0.15, 0.2) is 0 Å². The van der Waals surface area contributed by atoms with Gasteiger partial charge in [0.2, 0.25) is 6.29 Å². The molecule has 0 heterocycles. The second-order valence-corrected chi connectivity index (χ2v) is 5.53. The van der Waals surface area contributed by atoms with Crippen molar-refractivity contribution >= 4 is 18.0 Å². The molecule has 7 nitrogen and oxygen atoms in total. The highest BCUT2D eigenvalue weighted by molar-refractivity contribution is 5.73. The molecule has 0 bridgehead atoms. The van der Waals surface area contributed by atoms with Crippen molar-refractivity contribution in [1.29, 1.82) is 0 Å². The maximum absolute atomic E-state index is 11.6. The lowest BCUT2D eigenvalue weighted by molar-refractivity contribution is -0.164. The Morgan fingerprint density at radius 1 is 1.13 bits per heavy atom. The fourth-order valence-electron chi connectivity index (χ4n) is 2.26. The summed E-state index contributed by atoms with van der Waals surface area (Å²) in [5.41, 5.74) is 0. The Balaban J connectivity index is 4.32. The largest absolute Gasteiger partial charge is 0.481 e. The van der Waals surface area contributed by atoms with Crippen molar-refractivity contribution in [3.05, 3.63) is 0 Å². The molecule has 0 aliphatic rings. The number of ether oxygens (including phenoxy) is 2. The summed E-state index contributed by atoms with van der Waals surface area (Å²) in [7, 11) is 0. The standard InChI is InChI=1S/C16H29NO6/c1-5-8-12(6-2)9-13(15(19)20)10-17-16(21)23-11(4)22-14(18)7-3/h11-13H,5-10H2,1-4H3,(H,17,21)(H,19,20)/t11-,12-,13?/m1/s1. The summed E-state index contributed by atoms with van der Waals surface area (Å²) in [4.78, 5) is 34.0. The molecule has 0 spiro atoms. The number of hydrogen-bond donors (Lipinski definition) is 2. The SMILES string of the molecule is CCC[C@@H](CC)CC(CNC(=O)O[C@H](C)OC(=O)CC)C(=O)O. The molecule has 0 radical (unpaired) electrons. The van der Waals surface area contributed by atoms with E-state index < -0.39 is 30.2 Å². The van der Waals surface area contributed by atoms with Crippen LogP contribution in [0.1, 0.15) is 59.8 Å². The summed E-state index contributed by atoms with van der Waals surface area (Å²) in [6.07, 6.45) is 1.78. The Hall–Kier alpha value is -1.79. The van der Waals surface area contributed by atoms with Crippen LogP contribution in [0.5, 0.6) is 0 Å². The molecule has 134 valence electrons. The molecule has 1 unspecified atom stereocenters. The number of amides is 1. The number of esters is 1. The number of carboxylic acid groups (broad SMARTS) is 1. The van der Waals surface area contributed by atoms with Gasteiger partial charge in [-0.25, -0.2) is 4.79 Å². The number of carboxylic acids is 1. The van der Waals surface area contributed by atoms with E-state index in [-0.39, 0.29) is 13.0 Å². The molecule has 0 saturated heterocycles. The van der Waals surface area contributed by atoms with Gasteiger partial charge in [-0.3, -0.25) is 9.59 Å². The smallest absolute Gasteiger partial charge is 0.410 e. The summed E-state index contributed by atoms with van der Waals surface area (Å²) in [5, 5.41) is 11.7. The first-order valence-electron chi connectivity index (χ1n) is 8.20. The van der Waals surface area contributed by atoms with E-state index in [2.05, 4.69) is 12.2 Å². The lowest BCUT2D eigenvalue weighted by Gasteiger charge is -2.20. The molecule has 0 aromatic heterocycles. The highest BCUT2D eigenvalue weighted by Gasteiger charge is 2.23. The molecule has 0 aromatic rings. The molecule has 0 aliphatic carbocycles. The topological polar surface area (TPSA) is 102 Å². The molecule has 3 atom stereocenters. The Morgan fingerprint density at radius 2 is 1.78 bits per heavy atom. The normalized spacial score (nSPS) is 14.4. The van der Waals surface area contributed by atoms with Crippen molar-refractivity contribution in [3.8, 4) is 0 Å². The van der Waals surface area contributed by atoms with E-state index >= 15 is 0 Å². The van der Waals surface area contributed by atoms with E-state index in [1.54, 1.807) is 6.92 Å². The summed E-state index contributed by atoms with van der Waals surface area (Å²) in [6.45, 7) is 7.14. The fraction of sp³-hybridized carbons (Fsp3) is 0.812. The van der Waals surface area contributed by atoms with Crippen LogP contribution in [-0.4, -0.2) is 36.0 Å². The predicted molar refractivity (Wildman–Crippen MR) is 84.8 cm³/mol. The number of hydrogen-bond acceptors (Lipinski definition) is 5. The summed E-state index contributed by atoms with van der Waals surface area (Å²) >= 11 is 0. The van der Waals surface area contributed by atoms with Crippen LogP contribution in [0.4, 0.5) is 4.79 Å². The van der Waals surface area contributed by atoms with Gasteiger partial charge in [0.25, 0.3) is 0 Å². The van der Waals surface area contributed by atoms with Gasteiger partial charge in [-0.05, 0) is 12.3 Å². The third kappa shape index (κ3) is 9.76. The average Bonchev–Trinajstić information content (AvgIpc) is 2.49. The number of carbonyl (C=O) groups is 3. The highest BCUT2D eigenvalue weighted by Crippen LogP contribution is 2.20. The van der Waals surface area contributed by atoms with Crippen molar-refractivity contribution in [2.45, 2.75) is 66.1 Å². The van der Waals surface area contributed by atoms with Gasteiger partial charge in [0, 0.05) is 19.9 Å². The minimum atomic E-state index is -1.01. The molecule has 0 rings (SSSR count). The van der Waals surface area contributed by atoms with Crippen LogP contribution in [0.25, 0.3) is 0 Å². The Labute approximate surface area is 137 Å². The number of alkyl carbamates (subject to hydrolysis) is 1. The van der Waals surface area contributed by atoms with Crippen LogP contribution in [-0.2, 0) is 19.1 Å². The molecule has 2 N–H and O–H groups in total. The Kier molecular flexibility index (Phi) is 10.8. The number of nitrogens with one attached hydrogen (secondary N) is 1. The van der Waals surface area contributed by atoms with Crippen LogP contribution in [0, 0.1) is 11.8 Å². The van der Waals surface area contributed by atoms with E-state index in [0.717, 1.165) is 19.3 Å². The van der Waals surface area contributed by atoms with Crippen molar-refractivity contribution < 1.29 is 29.0 Å². The summed E-state index contributed by atoms with van der Waals surface area (Å²) in [6, 6.07) is 0. The first-order valence-corrected chi connectivity index (χ1v) is 8.20. The fourth-order valence-corrected chi connectivity index (χ4v) is 2.26. The predicted octanol–water partition coefficient (Wildman–Crippen LogP) is 2.93. The lowest BCUT2D eigenvalue weighted by Crippen LogP contribution is -2.36. The van der Waals surface area contributed by atoms with Crippen LogP contribution in [0.3, 0.4) is 0 Å². The quantitative estimate of drug-likeness (QED) is 0.446. The zero-order valence-electron chi connectivity index (χ0n) is 14.5. The van der Waals surface area contributed by atoms with Gasteiger partial charge in [0.05, 0.1) is 5.92 Å². The van der Waals surface area contributed by atoms with Crippen molar-refractivity contribution in [2.24, 2.45) is 11.8 Å². The first-order chi connectivity index (χ1) is 10.8. The van der Waals surface area contributed by atoms with Gasteiger partial charge in [-0.2, -0.15) is 0 Å². The minimum absolute atomic E-state index is 0.0111. The average molecular weight is 331 g/mol. The Bertz CT molecular complexity index is 385. The third-order valence-electron chi connectivity index (χ3n) is 3.59.